The number of hydrogen-bond acceptors (Lipinski definition) is 4. The first-order chi connectivity index (χ1) is 10.2. The third-order valence-electron chi connectivity index (χ3n) is 3.85. The largest absolute Gasteiger partial charge is 0.383 e. The first-order valence-electron chi connectivity index (χ1n) is 7.47. The maximum Gasteiger partial charge on any atom is 0.191 e. The van der Waals surface area contributed by atoms with Crippen LogP contribution in [0.5, 0.6) is 0 Å². The molecule has 7 heteroatoms. The Balaban J connectivity index is 0.00000242. The number of guanidine groups is 1. The zero-order chi connectivity index (χ0) is 15.1. The molecule has 0 bridgehead atoms. The average molecular weight is 438 g/mol. The van der Waals surface area contributed by atoms with Crippen molar-refractivity contribution in [3.63, 3.8) is 0 Å². The van der Waals surface area contributed by atoms with E-state index in [1.165, 1.54) is 12.0 Å². The predicted octanol–water partition coefficient (Wildman–Crippen LogP) is 1.92. The Labute approximate surface area is 154 Å². The lowest BCUT2D eigenvalue weighted by atomic mass is 10.1. The van der Waals surface area contributed by atoms with Gasteiger partial charge in [-0.05, 0) is 30.4 Å². The molecule has 1 atom stereocenters. The van der Waals surface area contributed by atoms with Crippen molar-refractivity contribution >= 4 is 41.3 Å². The summed E-state index contributed by atoms with van der Waals surface area (Å²) in [6.07, 6.45) is 1.18. The van der Waals surface area contributed by atoms with Gasteiger partial charge in [0.1, 0.15) is 0 Å². The summed E-state index contributed by atoms with van der Waals surface area (Å²) in [6.45, 7) is 6.83. The first kappa shape index (κ1) is 19.7. The molecule has 22 heavy (non-hydrogen) atoms. The van der Waals surface area contributed by atoms with E-state index in [0.717, 1.165) is 32.1 Å². The van der Waals surface area contributed by atoms with Gasteiger partial charge in [0, 0.05) is 51.3 Å². The van der Waals surface area contributed by atoms with Crippen LogP contribution in [-0.2, 0) is 17.7 Å². The molecule has 0 saturated heterocycles. The second-order valence-corrected chi connectivity index (χ2v) is 6.31. The molecule has 2 rings (SSSR count). The van der Waals surface area contributed by atoms with Crippen molar-refractivity contribution in [1.29, 1.82) is 0 Å². The lowest BCUT2D eigenvalue weighted by Crippen LogP contribution is -2.47. The van der Waals surface area contributed by atoms with E-state index in [0.29, 0.717) is 12.6 Å². The molecule has 0 fully saturated rings. The molecule has 0 aromatic carbocycles. The van der Waals surface area contributed by atoms with E-state index in [1.54, 1.807) is 19.0 Å². The molecule has 1 unspecified atom stereocenters. The molecule has 1 aromatic rings. The van der Waals surface area contributed by atoms with Gasteiger partial charge in [-0.1, -0.05) is 0 Å². The average Bonchev–Trinajstić information content (AvgIpc) is 2.97. The van der Waals surface area contributed by atoms with Crippen LogP contribution in [0.2, 0.25) is 0 Å². The Morgan fingerprint density at radius 1 is 1.50 bits per heavy atom. The van der Waals surface area contributed by atoms with Crippen molar-refractivity contribution in [3.8, 4) is 0 Å². The third-order valence-corrected chi connectivity index (χ3v) is 4.87. The Morgan fingerprint density at radius 3 is 3.05 bits per heavy atom. The molecule has 0 aliphatic carbocycles. The number of ether oxygens (including phenoxy) is 1. The highest BCUT2D eigenvalue weighted by Gasteiger charge is 2.21. The predicted molar refractivity (Wildman–Crippen MR) is 105 cm³/mol. The summed E-state index contributed by atoms with van der Waals surface area (Å²) in [7, 11) is 3.50. The van der Waals surface area contributed by atoms with Gasteiger partial charge in [-0.25, -0.2) is 0 Å². The number of nitrogens with zero attached hydrogens (tertiary/aromatic N) is 2. The number of methoxy groups -OCH3 is 1. The second kappa shape index (κ2) is 10.4. The van der Waals surface area contributed by atoms with Gasteiger partial charge in [0.15, 0.2) is 5.96 Å². The van der Waals surface area contributed by atoms with Crippen LogP contribution in [0.4, 0.5) is 0 Å². The minimum atomic E-state index is 0. The van der Waals surface area contributed by atoms with E-state index in [9.17, 15) is 0 Å². The normalized spacial score (nSPS) is 16.6. The Hall–Kier alpha value is -0.380. The zero-order valence-corrected chi connectivity index (χ0v) is 16.7. The minimum Gasteiger partial charge on any atom is -0.383 e. The van der Waals surface area contributed by atoms with E-state index in [2.05, 4.69) is 38.9 Å². The fourth-order valence-corrected chi connectivity index (χ4v) is 3.40. The summed E-state index contributed by atoms with van der Waals surface area (Å²) in [6, 6.07) is 2.75. The number of hydrogen-bond donors (Lipinski definition) is 2. The molecule has 126 valence electrons. The van der Waals surface area contributed by atoms with Gasteiger partial charge in [-0.3, -0.25) is 9.89 Å². The Kier molecular flexibility index (Phi) is 9.30. The van der Waals surface area contributed by atoms with Crippen molar-refractivity contribution in [2.24, 2.45) is 4.99 Å². The molecule has 2 heterocycles. The van der Waals surface area contributed by atoms with E-state index in [4.69, 9.17) is 4.74 Å². The van der Waals surface area contributed by atoms with Crippen LogP contribution in [0.1, 0.15) is 17.4 Å². The molecule has 2 N–H and O–H groups in total. The molecule has 1 aliphatic rings. The Morgan fingerprint density at radius 2 is 2.32 bits per heavy atom. The fourth-order valence-electron chi connectivity index (χ4n) is 2.51. The fraction of sp³-hybridized carbons (Fsp3) is 0.667. The highest BCUT2D eigenvalue weighted by molar-refractivity contribution is 14.0. The number of nitrogens with one attached hydrogen (secondary N) is 2. The van der Waals surface area contributed by atoms with Crippen LogP contribution in [0.25, 0.3) is 0 Å². The summed E-state index contributed by atoms with van der Waals surface area (Å²) >= 11 is 1.89. The van der Waals surface area contributed by atoms with E-state index < -0.39 is 0 Å². The van der Waals surface area contributed by atoms with Crippen molar-refractivity contribution in [2.45, 2.75) is 25.9 Å². The standard InChI is InChI=1S/C15H26N4OS.HI/c1-12(10-18-15(16-2)17-6-8-20-3)19-7-4-14-13(11-19)5-9-21-14;/h5,9,12H,4,6-8,10-11H2,1-3H3,(H2,16,17,18);1H. The van der Waals surface area contributed by atoms with E-state index >= 15 is 0 Å². The first-order valence-corrected chi connectivity index (χ1v) is 8.35. The molecule has 1 aromatic heterocycles. The van der Waals surface area contributed by atoms with Crippen molar-refractivity contribution in [3.05, 3.63) is 21.9 Å². The summed E-state index contributed by atoms with van der Waals surface area (Å²) in [4.78, 5) is 8.32. The summed E-state index contributed by atoms with van der Waals surface area (Å²) < 4.78 is 5.03. The van der Waals surface area contributed by atoms with Gasteiger partial charge in [0.25, 0.3) is 0 Å². The number of rotatable bonds is 6. The maximum absolute atomic E-state index is 5.03. The molecular weight excluding hydrogens is 411 g/mol. The van der Waals surface area contributed by atoms with E-state index in [-0.39, 0.29) is 24.0 Å². The molecule has 0 saturated carbocycles. The van der Waals surface area contributed by atoms with Crippen molar-refractivity contribution in [1.82, 2.24) is 15.5 Å². The highest BCUT2D eigenvalue weighted by Crippen LogP contribution is 2.24. The van der Waals surface area contributed by atoms with Gasteiger partial charge in [0.2, 0.25) is 0 Å². The van der Waals surface area contributed by atoms with Crippen LogP contribution in [-0.4, -0.2) is 57.3 Å². The summed E-state index contributed by atoms with van der Waals surface area (Å²) in [5, 5.41) is 8.83. The smallest absolute Gasteiger partial charge is 0.191 e. The third kappa shape index (κ3) is 5.68. The van der Waals surface area contributed by atoms with Crippen LogP contribution < -0.4 is 10.6 Å². The molecule has 5 nitrogen and oxygen atoms in total. The number of aliphatic imine (C=N–C) groups is 1. The molecule has 0 radical (unpaired) electrons. The molecule has 0 amide bonds. The quantitative estimate of drug-likeness (QED) is 0.309. The van der Waals surface area contributed by atoms with Crippen molar-refractivity contribution in [2.75, 3.05) is 40.4 Å². The van der Waals surface area contributed by atoms with Crippen LogP contribution in [0.15, 0.2) is 16.4 Å². The van der Waals surface area contributed by atoms with Gasteiger partial charge in [-0.2, -0.15) is 0 Å². The second-order valence-electron chi connectivity index (χ2n) is 5.31. The van der Waals surface area contributed by atoms with Gasteiger partial charge < -0.3 is 15.4 Å². The molecular formula is C15H27IN4OS. The van der Waals surface area contributed by atoms with E-state index in [1.807, 2.05) is 11.3 Å². The lowest BCUT2D eigenvalue weighted by molar-refractivity contribution is 0.192. The molecule has 1 aliphatic heterocycles. The zero-order valence-electron chi connectivity index (χ0n) is 13.6. The topological polar surface area (TPSA) is 48.9 Å². The van der Waals surface area contributed by atoms with Gasteiger partial charge in [0.05, 0.1) is 6.61 Å². The van der Waals surface area contributed by atoms with Crippen molar-refractivity contribution < 1.29 is 4.74 Å². The lowest BCUT2D eigenvalue weighted by Gasteiger charge is -2.32. The minimum absolute atomic E-state index is 0. The van der Waals surface area contributed by atoms with Crippen LogP contribution >= 0.6 is 35.3 Å². The summed E-state index contributed by atoms with van der Waals surface area (Å²) in [5.41, 5.74) is 1.50. The van der Waals surface area contributed by atoms with Gasteiger partial charge >= 0.3 is 0 Å². The Bertz CT molecular complexity index is 466. The highest BCUT2D eigenvalue weighted by atomic mass is 127. The van der Waals surface area contributed by atoms with Gasteiger partial charge in [-0.15, -0.1) is 35.3 Å². The monoisotopic (exact) mass is 438 g/mol. The molecule has 0 spiro atoms. The van der Waals surface area contributed by atoms with Crippen LogP contribution in [0.3, 0.4) is 0 Å². The SMILES string of the molecule is CN=C(NCCOC)NCC(C)N1CCc2sccc2C1.I. The maximum atomic E-state index is 5.03. The van der Waals surface area contributed by atoms with Crippen LogP contribution in [0, 0.1) is 0 Å². The number of fused-ring (bicyclic) bond motifs is 1. The number of thiophene rings is 1. The summed E-state index contributed by atoms with van der Waals surface area (Å²) in [5.74, 6) is 0.840. The number of halogens is 1.